The Bertz CT molecular complexity index is 2060. The van der Waals surface area contributed by atoms with E-state index < -0.39 is 29.9 Å². The Morgan fingerprint density at radius 1 is 0.887 bits per heavy atom. The van der Waals surface area contributed by atoms with E-state index in [2.05, 4.69) is 34.9 Å². The monoisotopic (exact) mass is 715 g/mol. The van der Waals surface area contributed by atoms with Crippen LogP contribution < -0.4 is 15.4 Å². The summed E-state index contributed by atoms with van der Waals surface area (Å²) in [6, 6.07) is 32.1. The van der Waals surface area contributed by atoms with E-state index in [-0.39, 0.29) is 24.3 Å². The first kappa shape index (κ1) is 35.8. The maximum absolute atomic E-state index is 13.9. The van der Waals surface area contributed by atoms with Gasteiger partial charge in [-0.25, -0.2) is 14.2 Å². The van der Waals surface area contributed by atoms with Crippen molar-refractivity contribution >= 4 is 17.8 Å². The number of nitrogens with zero attached hydrogens (tertiary/aromatic N) is 1. The summed E-state index contributed by atoms with van der Waals surface area (Å²) in [5, 5.41) is 5.76. The summed E-state index contributed by atoms with van der Waals surface area (Å²) in [7, 11) is 0. The minimum absolute atomic E-state index is 0.0939. The third-order valence-electron chi connectivity index (χ3n) is 9.34. The smallest absolute Gasteiger partial charge is 0.407 e. The first-order valence-electron chi connectivity index (χ1n) is 17.8. The van der Waals surface area contributed by atoms with E-state index in [0.717, 1.165) is 33.4 Å². The summed E-state index contributed by atoms with van der Waals surface area (Å²) in [5.41, 5.74) is 6.61. The number of benzene rings is 4. The number of hydrogen-bond donors (Lipinski definition) is 2. The van der Waals surface area contributed by atoms with E-state index in [1.54, 1.807) is 30.3 Å². The molecule has 0 unspecified atom stereocenters. The van der Waals surface area contributed by atoms with E-state index in [4.69, 9.17) is 23.9 Å². The molecule has 0 spiro atoms. The van der Waals surface area contributed by atoms with Gasteiger partial charge in [-0.15, -0.1) is 0 Å². The van der Waals surface area contributed by atoms with E-state index in [0.29, 0.717) is 36.0 Å². The maximum atomic E-state index is 13.9. The average Bonchev–Trinajstić information content (AvgIpc) is 3.68. The van der Waals surface area contributed by atoms with Crippen LogP contribution in [0.4, 0.5) is 15.0 Å². The predicted molar refractivity (Wildman–Crippen MR) is 200 cm³/mol. The Morgan fingerprint density at radius 2 is 1.51 bits per heavy atom. The lowest BCUT2D eigenvalue weighted by molar-refractivity contribution is -0.139. The van der Waals surface area contributed by atoms with Gasteiger partial charge >= 0.3 is 6.09 Å². The topological polar surface area (TPSA) is 108 Å². The third kappa shape index (κ3) is 8.40. The minimum Gasteiger partial charge on any atom is -0.457 e. The van der Waals surface area contributed by atoms with Crippen LogP contribution in [0.3, 0.4) is 0 Å². The molecular weight excluding hydrogens is 673 g/mol. The molecule has 53 heavy (non-hydrogen) atoms. The van der Waals surface area contributed by atoms with Crippen LogP contribution in [0.25, 0.3) is 22.4 Å². The largest absolute Gasteiger partial charge is 0.457 e. The van der Waals surface area contributed by atoms with Gasteiger partial charge in [-0.2, -0.15) is 0 Å². The normalized spacial score (nSPS) is 16.5. The van der Waals surface area contributed by atoms with Crippen molar-refractivity contribution in [3.05, 3.63) is 132 Å². The van der Waals surface area contributed by atoms with Crippen LogP contribution >= 0.6 is 0 Å². The number of rotatable bonds is 11. The number of aromatic nitrogens is 1. The molecule has 0 saturated carbocycles. The number of carbonyl (C=O) groups is 2. The Morgan fingerprint density at radius 3 is 2.11 bits per heavy atom. The number of fused-ring (bicyclic) bond motifs is 3. The maximum Gasteiger partial charge on any atom is 0.407 e. The van der Waals surface area contributed by atoms with Crippen molar-refractivity contribution in [1.82, 2.24) is 10.3 Å². The van der Waals surface area contributed by atoms with Crippen molar-refractivity contribution < 1.29 is 32.9 Å². The number of alkyl carbamates (subject to hydrolysis) is 1. The van der Waals surface area contributed by atoms with Crippen LogP contribution in [0.5, 0.6) is 11.5 Å². The Balaban J connectivity index is 1.08. The SMILES string of the molecule is CC(C)C[C@H](NC(=O)OCC1c2ccccc2-c2ccccc21)C(=O)Nc1cc([C@H]2COC(C)(C)O2)cc(-c2ccc(Oc3ccc(F)cc3)cc2)n1. The molecule has 10 heteroatoms. The molecule has 1 saturated heterocycles. The molecule has 2 atom stereocenters. The molecule has 1 fully saturated rings. The Kier molecular flexibility index (Phi) is 10.3. The van der Waals surface area contributed by atoms with Crippen LogP contribution in [0.15, 0.2) is 109 Å². The summed E-state index contributed by atoms with van der Waals surface area (Å²) in [4.78, 5) is 31.9. The Labute approximate surface area is 308 Å². The molecule has 272 valence electrons. The van der Waals surface area contributed by atoms with Crippen molar-refractivity contribution in [2.75, 3.05) is 18.5 Å². The second-order valence-corrected chi connectivity index (χ2v) is 14.2. The average molecular weight is 716 g/mol. The van der Waals surface area contributed by atoms with Gasteiger partial charge in [0.2, 0.25) is 5.91 Å². The molecule has 1 aliphatic carbocycles. The number of ether oxygens (including phenoxy) is 4. The second-order valence-electron chi connectivity index (χ2n) is 14.2. The molecule has 2 amide bonds. The van der Waals surface area contributed by atoms with Crippen molar-refractivity contribution in [2.45, 2.75) is 58.0 Å². The fourth-order valence-corrected chi connectivity index (χ4v) is 6.83. The summed E-state index contributed by atoms with van der Waals surface area (Å²) < 4.78 is 37.0. The van der Waals surface area contributed by atoms with Gasteiger partial charge in [0, 0.05) is 11.5 Å². The van der Waals surface area contributed by atoms with Gasteiger partial charge in [0.25, 0.3) is 0 Å². The molecule has 7 rings (SSSR count). The van der Waals surface area contributed by atoms with Gasteiger partial charge in [-0.3, -0.25) is 4.79 Å². The highest BCUT2D eigenvalue weighted by Crippen LogP contribution is 2.44. The highest BCUT2D eigenvalue weighted by molar-refractivity contribution is 5.96. The quantitative estimate of drug-likeness (QED) is 0.140. The fourth-order valence-electron chi connectivity index (χ4n) is 6.83. The molecule has 0 radical (unpaired) electrons. The zero-order valence-corrected chi connectivity index (χ0v) is 30.1. The number of pyridine rings is 1. The van der Waals surface area contributed by atoms with Crippen molar-refractivity contribution in [3.8, 4) is 33.9 Å². The number of hydrogen-bond acceptors (Lipinski definition) is 7. The van der Waals surface area contributed by atoms with Gasteiger partial charge in [-0.1, -0.05) is 62.4 Å². The van der Waals surface area contributed by atoms with Crippen LogP contribution in [0.2, 0.25) is 0 Å². The first-order chi connectivity index (χ1) is 25.5. The highest BCUT2D eigenvalue weighted by atomic mass is 19.1. The van der Waals surface area contributed by atoms with Crippen LogP contribution in [-0.4, -0.2) is 42.0 Å². The number of nitrogens with one attached hydrogen (secondary N) is 2. The van der Waals surface area contributed by atoms with Gasteiger partial charge in [0.15, 0.2) is 5.79 Å². The van der Waals surface area contributed by atoms with E-state index in [1.165, 1.54) is 12.1 Å². The van der Waals surface area contributed by atoms with Gasteiger partial charge in [0.05, 0.1) is 12.3 Å². The number of halogens is 1. The second kappa shape index (κ2) is 15.2. The molecule has 4 aromatic carbocycles. The molecule has 5 aromatic rings. The Hall–Kier alpha value is -5.58. The van der Waals surface area contributed by atoms with E-state index >= 15 is 0 Å². The van der Waals surface area contributed by atoms with Gasteiger partial charge in [0.1, 0.15) is 41.9 Å². The molecule has 9 nitrogen and oxygen atoms in total. The summed E-state index contributed by atoms with van der Waals surface area (Å²) >= 11 is 0. The van der Waals surface area contributed by atoms with E-state index in [9.17, 15) is 14.0 Å². The standard InChI is InChI=1S/C43H42FN3O6/c1-26(2)21-38(46-42(49)50-24-36-34-11-7-5-9-32(34)33-10-6-8-12-35(33)36)41(48)47-40-23-28(39-25-51-43(3,4)53-39)22-37(45-40)27-13-17-30(18-14-27)52-31-19-15-29(44)16-20-31/h5-20,22-23,26,36,38-39H,21,24-25H2,1-4H3,(H,46,49)(H,45,47,48)/t38-,39+/m0/s1. The van der Waals surface area contributed by atoms with Gasteiger partial charge < -0.3 is 29.6 Å². The zero-order valence-electron chi connectivity index (χ0n) is 30.1. The highest BCUT2D eigenvalue weighted by Gasteiger charge is 2.35. The zero-order chi connectivity index (χ0) is 37.1. The first-order valence-corrected chi connectivity index (χ1v) is 17.8. The van der Waals surface area contributed by atoms with Crippen molar-refractivity contribution in [2.24, 2.45) is 5.92 Å². The summed E-state index contributed by atoms with van der Waals surface area (Å²) in [5.74, 6) is -0.178. The fraction of sp³-hybridized carbons (Fsp3) is 0.279. The van der Waals surface area contributed by atoms with Crippen molar-refractivity contribution in [1.29, 1.82) is 0 Å². The molecule has 1 aliphatic heterocycles. The molecule has 2 N–H and O–H groups in total. The molecule has 0 bridgehead atoms. The van der Waals surface area contributed by atoms with Crippen LogP contribution in [0, 0.1) is 11.7 Å². The van der Waals surface area contributed by atoms with Gasteiger partial charge in [-0.05, 0) is 115 Å². The lowest BCUT2D eigenvalue weighted by Crippen LogP contribution is -2.45. The molecule has 2 aliphatic rings. The molecule has 2 heterocycles. The molecule has 1 aromatic heterocycles. The number of anilines is 1. The van der Waals surface area contributed by atoms with Crippen LogP contribution in [0.1, 0.15) is 62.8 Å². The number of amides is 2. The summed E-state index contributed by atoms with van der Waals surface area (Å²) in [6.07, 6.45) is -0.683. The lowest BCUT2D eigenvalue weighted by Gasteiger charge is -2.22. The van der Waals surface area contributed by atoms with Crippen molar-refractivity contribution in [3.63, 3.8) is 0 Å². The number of carbonyl (C=O) groups excluding carboxylic acids is 2. The predicted octanol–water partition coefficient (Wildman–Crippen LogP) is 9.40. The summed E-state index contributed by atoms with van der Waals surface area (Å²) in [6.45, 7) is 8.13. The lowest BCUT2D eigenvalue weighted by atomic mass is 9.98. The molecular formula is C43H42FN3O6. The van der Waals surface area contributed by atoms with Crippen LogP contribution in [-0.2, 0) is 19.0 Å². The third-order valence-corrected chi connectivity index (χ3v) is 9.34. The minimum atomic E-state index is -0.882. The van der Waals surface area contributed by atoms with E-state index in [1.807, 2.05) is 70.2 Å².